The number of hydrogen-bond acceptors (Lipinski definition) is 4. The summed E-state index contributed by atoms with van der Waals surface area (Å²) in [4.78, 5) is 22.5. The van der Waals surface area contributed by atoms with Gasteiger partial charge in [0.1, 0.15) is 17.2 Å². The van der Waals surface area contributed by atoms with Gasteiger partial charge in [0.2, 0.25) is 0 Å². The molecule has 3 rings (SSSR count). The summed E-state index contributed by atoms with van der Waals surface area (Å²) >= 11 is 0. The zero-order valence-electron chi connectivity index (χ0n) is 14.4. The quantitative estimate of drug-likeness (QED) is 0.498. The van der Waals surface area contributed by atoms with E-state index in [1.165, 1.54) is 25.2 Å². The average molecular weight is 364 g/mol. The third-order valence-corrected chi connectivity index (χ3v) is 3.99. The Morgan fingerprint density at radius 3 is 2.15 bits per heavy atom. The minimum absolute atomic E-state index is 0.0640. The third-order valence-electron chi connectivity index (χ3n) is 3.99. The Labute approximate surface area is 155 Å². The molecule has 0 aromatic heterocycles. The Bertz CT molecular complexity index is 971. The van der Waals surface area contributed by atoms with Crippen molar-refractivity contribution in [1.82, 2.24) is 0 Å². The lowest BCUT2D eigenvalue weighted by Crippen LogP contribution is -2.24. The van der Waals surface area contributed by atoms with E-state index in [-0.39, 0.29) is 11.4 Å². The second kappa shape index (κ2) is 7.57. The van der Waals surface area contributed by atoms with E-state index in [9.17, 15) is 14.9 Å². The first-order chi connectivity index (χ1) is 13.0. The predicted molar refractivity (Wildman–Crippen MR) is 101 cm³/mol. The number of ether oxygens (including phenoxy) is 1. The molecule has 0 radical (unpaired) electrons. The van der Waals surface area contributed by atoms with Crippen LogP contribution in [0.25, 0.3) is 11.1 Å². The molecule has 0 saturated heterocycles. The molecule has 3 aromatic carbocycles. The van der Waals surface area contributed by atoms with Crippen molar-refractivity contribution >= 4 is 17.5 Å². The van der Waals surface area contributed by atoms with E-state index in [1.54, 1.807) is 12.1 Å². The van der Waals surface area contributed by atoms with Gasteiger partial charge in [-0.15, -0.1) is 0 Å². The van der Waals surface area contributed by atoms with Gasteiger partial charge in [0.25, 0.3) is 5.69 Å². The number of rotatable bonds is 5. The first-order valence-electron chi connectivity index (χ1n) is 8.04. The Balaban J connectivity index is 1.86. The van der Waals surface area contributed by atoms with E-state index in [4.69, 9.17) is 9.84 Å². The van der Waals surface area contributed by atoms with Gasteiger partial charge < -0.3 is 9.84 Å². The molecule has 7 heteroatoms. The van der Waals surface area contributed by atoms with Crippen LogP contribution in [0, 0.1) is 10.1 Å². The zero-order valence-corrected chi connectivity index (χ0v) is 14.4. The van der Waals surface area contributed by atoms with E-state index in [0.717, 1.165) is 16.0 Å². The number of nitro benzene ring substituents is 1. The summed E-state index contributed by atoms with van der Waals surface area (Å²) in [6.45, 7) is 0. The van der Waals surface area contributed by atoms with E-state index >= 15 is 0 Å². The van der Waals surface area contributed by atoms with Crippen LogP contribution in [0.5, 0.6) is 11.5 Å². The van der Waals surface area contributed by atoms with Gasteiger partial charge in [-0.2, -0.15) is 0 Å². The van der Waals surface area contributed by atoms with Crippen molar-refractivity contribution in [2.24, 2.45) is 0 Å². The molecule has 0 spiro atoms. The fourth-order valence-electron chi connectivity index (χ4n) is 2.57. The number of carboxylic acid groups (broad SMARTS) is 1. The van der Waals surface area contributed by atoms with Crippen LogP contribution in [0.3, 0.4) is 0 Å². The Morgan fingerprint density at radius 2 is 1.56 bits per heavy atom. The maximum absolute atomic E-state index is 11.2. The molecule has 27 heavy (non-hydrogen) atoms. The maximum Gasteiger partial charge on any atom is 0.411 e. The topological polar surface area (TPSA) is 92.9 Å². The molecule has 0 saturated carbocycles. The molecule has 0 bridgehead atoms. The largest absolute Gasteiger partial charge is 0.465 e. The third kappa shape index (κ3) is 4.04. The molecule has 0 atom stereocenters. The normalized spacial score (nSPS) is 10.3. The van der Waals surface area contributed by atoms with Crippen molar-refractivity contribution in [2.45, 2.75) is 0 Å². The van der Waals surface area contributed by atoms with Crippen LogP contribution in [0.15, 0.2) is 72.8 Å². The van der Waals surface area contributed by atoms with Gasteiger partial charge >= 0.3 is 6.09 Å². The predicted octanol–water partition coefficient (Wildman–Crippen LogP) is 5.17. The fourth-order valence-corrected chi connectivity index (χ4v) is 2.57. The van der Waals surface area contributed by atoms with Gasteiger partial charge in [0, 0.05) is 19.2 Å². The molecule has 1 amide bonds. The highest BCUT2D eigenvalue weighted by Crippen LogP contribution is 2.34. The van der Waals surface area contributed by atoms with E-state index in [2.05, 4.69) is 0 Å². The van der Waals surface area contributed by atoms with Crippen LogP contribution < -0.4 is 9.64 Å². The van der Waals surface area contributed by atoms with Crippen molar-refractivity contribution in [3.63, 3.8) is 0 Å². The van der Waals surface area contributed by atoms with Crippen LogP contribution >= 0.6 is 0 Å². The van der Waals surface area contributed by atoms with Crippen molar-refractivity contribution in [3.05, 3.63) is 82.9 Å². The van der Waals surface area contributed by atoms with Gasteiger partial charge in [-0.3, -0.25) is 15.0 Å². The summed E-state index contributed by atoms with van der Waals surface area (Å²) in [6.07, 6.45) is -1.30. The lowest BCUT2D eigenvalue weighted by molar-refractivity contribution is -0.384. The molecular formula is C20H16N2O5. The Morgan fingerprint density at radius 1 is 0.963 bits per heavy atom. The van der Waals surface area contributed by atoms with Gasteiger partial charge in [-0.1, -0.05) is 42.5 Å². The van der Waals surface area contributed by atoms with Gasteiger partial charge in [0.15, 0.2) is 0 Å². The molecule has 136 valence electrons. The van der Waals surface area contributed by atoms with Gasteiger partial charge in [0.05, 0.1) is 4.92 Å². The number of anilines is 1. The molecule has 0 aliphatic carbocycles. The van der Waals surface area contributed by atoms with E-state index in [0.29, 0.717) is 11.5 Å². The average Bonchev–Trinajstić information content (AvgIpc) is 2.68. The number of benzene rings is 3. The lowest BCUT2D eigenvalue weighted by Gasteiger charge is -2.15. The van der Waals surface area contributed by atoms with Crippen molar-refractivity contribution in [2.75, 3.05) is 11.9 Å². The van der Waals surface area contributed by atoms with Crippen LogP contribution in [0.1, 0.15) is 0 Å². The van der Waals surface area contributed by atoms with Crippen LogP contribution in [0.2, 0.25) is 0 Å². The van der Waals surface area contributed by atoms with E-state index < -0.39 is 11.0 Å². The molecule has 1 N–H and O–H groups in total. The summed E-state index contributed by atoms with van der Waals surface area (Å²) in [6, 6.07) is 21.2. The molecular weight excluding hydrogens is 348 g/mol. The summed E-state index contributed by atoms with van der Waals surface area (Å²) in [5, 5.41) is 20.3. The zero-order chi connectivity index (χ0) is 19.4. The Hall–Kier alpha value is -3.87. The highest BCUT2D eigenvalue weighted by atomic mass is 16.6. The molecule has 0 aliphatic rings. The maximum atomic E-state index is 11.2. The number of hydrogen-bond donors (Lipinski definition) is 1. The van der Waals surface area contributed by atoms with Crippen molar-refractivity contribution in [3.8, 4) is 22.6 Å². The number of nitrogens with zero attached hydrogens (tertiary/aromatic N) is 2. The van der Waals surface area contributed by atoms with Crippen molar-refractivity contribution < 1.29 is 19.6 Å². The monoisotopic (exact) mass is 364 g/mol. The second-order valence-corrected chi connectivity index (χ2v) is 5.74. The summed E-state index contributed by atoms with van der Waals surface area (Å²) in [7, 11) is 1.24. The number of carbonyl (C=O) groups is 1. The summed E-state index contributed by atoms with van der Waals surface area (Å²) < 4.78 is 5.73. The summed E-state index contributed by atoms with van der Waals surface area (Å²) in [5.74, 6) is 0.837. The highest BCUT2D eigenvalue weighted by molar-refractivity contribution is 5.89. The second-order valence-electron chi connectivity index (χ2n) is 5.74. The minimum atomic E-state index is -1.30. The first kappa shape index (κ1) is 17.9. The summed E-state index contributed by atoms with van der Waals surface area (Å²) in [5.41, 5.74) is 1.72. The standard InChI is InChI=1S/C20H16N2O5/c1-21(20(23)24)19-13-17(11-12-18(19)22(25)26)27-16-9-7-15(8-10-16)14-5-3-2-4-6-14/h2-13H,1H3,(H,23,24). The number of nitro groups is 1. The lowest BCUT2D eigenvalue weighted by atomic mass is 10.1. The molecule has 0 aliphatic heterocycles. The smallest absolute Gasteiger partial charge is 0.411 e. The molecule has 0 unspecified atom stereocenters. The molecule has 7 nitrogen and oxygen atoms in total. The molecule has 0 heterocycles. The van der Waals surface area contributed by atoms with Gasteiger partial charge in [-0.25, -0.2) is 4.79 Å². The van der Waals surface area contributed by atoms with Crippen LogP contribution in [-0.2, 0) is 0 Å². The van der Waals surface area contributed by atoms with Crippen molar-refractivity contribution in [1.29, 1.82) is 0 Å². The Kier molecular flexibility index (Phi) is 5.03. The van der Waals surface area contributed by atoms with Crippen LogP contribution in [-0.4, -0.2) is 23.2 Å². The molecule has 3 aromatic rings. The molecule has 0 fully saturated rings. The fraction of sp³-hybridized carbons (Fsp3) is 0.0500. The highest BCUT2D eigenvalue weighted by Gasteiger charge is 2.22. The first-order valence-corrected chi connectivity index (χ1v) is 8.04. The number of amides is 1. The van der Waals surface area contributed by atoms with Crippen LogP contribution in [0.4, 0.5) is 16.2 Å². The van der Waals surface area contributed by atoms with E-state index in [1.807, 2.05) is 42.5 Å². The van der Waals surface area contributed by atoms with Gasteiger partial charge in [-0.05, 0) is 29.3 Å². The SMILES string of the molecule is CN(C(=O)O)c1cc(Oc2ccc(-c3ccccc3)cc2)ccc1[N+](=O)[O-]. The minimum Gasteiger partial charge on any atom is -0.465 e.